The molecule has 0 unspecified atom stereocenters. The number of halogens is 1. The van der Waals surface area contributed by atoms with Crippen molar-refractivity contribution in [2.45, 2.75) is 13.3 Å². The molecular weight excluding hydrogens is 295 g/mol. The number of hydrogen-bond donors (Lipinski definition) is 1. The molecule has 1 N–H and O–H groups in total. The maximum Gasteiger partial charge on any atom is 0.260 e. The van der Waals surface area contributed by atoms with E-state index in [-0.39, 0.29) is 22.8 Å². The van der Waals surface area contributed by atoms with E-state index in [4.69, 9.17) is 0 Å². The number of carbonyl (C=O) groups excluding carboxylic acids is 1. The van der Waals surface area contributed by atoms with E-state index >= 15 is 0 Å². The molecule has 2 heterocycles. The summed E-state index contributed by atoms with van der Waals surface area (Å²) in [5.41, 5.74) is 2.58. The fraction of sp³-hybridized carbons (Fsp3) is 0.222. The first-order chi connectivity index (χ1) is 11.0. The van der Waals surface area contributed by atoms with Crippen molar-refractivity contribution in [2.75, 3.05) is 13.1 Å². The summed E-state index contributed by atoms with van der Waals surface area (Å²) in [5, 5.41) is 0. The lowest BCUT2D eigenvalue weighted by atomic mass is 9.99. The lowest BCUT2D eigenvalue weighted by Gasteiger charge is -2.26. The molecule has 0 atom stereocenters. The number of amides is 1. The maximum atomic E-state index is 13.0. The Morgan fingerprint density at radius 2 is 1.91 bits per heavy atom. The summed E-state index contributed by atoms with van der Waals surface area (Å²) >= 11 is 0. The molecule has 1 aliphatic rings. The summed E-state index contributed by atoms with van der Waals surface area (Å²) in [7, 11) is 0. The van der Waals surface area contributed by atoms with Gasteiger partial charge < -0.3 is 9.88 Å². The maximum absolute atomic E-state index is 13.0. The lowest BCUT2D eigenvalue weighted by molar-refractivity contribution is 0.0771. The number of benzene rings is 1. The molecule has 118 valence electrons. The van der Waals surface area contributed by atoms with E-state index in [0.717, 1.165) is 16.8 Å². The Morgan fingerprint density at radius 3 is 2.52 bits per heavy atom. The summed E-state index contributed by atoms with van der Waals surface area (Å²) < 4.78 is 13.0. The standard InChI is InChI=1S/C18H17FN2O2/c1-12-2-7-16(17(22)20-12)18(23)21-10-8-14(9-11-21)13-3-5-15(19)6-4-13/h2-8H,9-11H2,1H3,(H,20,22). The van der Waals surface area contributed by atoms with Gasteiger partial charge in [0.15, 0.2) is 0 Å². The first-order valence-electron chi connectivity index (χ1n) is 7.49. The molecule has 0 spiro atoms. The van der Waals surface area contributed by atoms with Gasteiger partial charge >= 0.3 is 0 Å². The van der Waals surface area contributed by atoms with Gasteiger partial charge in [0.1, 0.15) is 11.4 Å². The van der Waals surface area contributed by atoms with Gasteiger partial charge in [0, 0.05) is 18.8 Å². The van der Waals surface area contributed by atoms with Gasteiger partial charge in [-0.15, -0.1) is 0 Å². The summed E-state index contributed by atoms with van der Waals surface area (Å²) in [4.78, 5) is 28.6. The minimum atomic E-state index is -0.358. The molecule has 23 heavy (non-hydrogen) atoms. The molecule has 1 amide bonds. The van der Waals surface area contributed by atoms with Gasteiger partial charge in [0.2, 0.25) is 0 Å². The minimum absolute atomic E-state index is 0.161. The Labute approximate surface area is 133 Å². The molecule has 1 aromatic carbocycles. The molecule has 0 saturated heterocycles. The third-order valence-electron chi connectivity index (χ3n) is 4.00. The molecular formula is C18H17FN2O2. The van der Waals surface area contributed by atoms with Crippen LogP contribution >= 0.6 is 0 Å². The normalized spacial score (nSPS) is 14.5. The highest BCUT2D eigenvalue weighted by atomic mass is 19.1. The van der Waals surface area contributed by atoms with Crippen LogP contribution in [0.3, 0.4) is 0 Å². The molecule has 0 bridgehead atoms. The minimum Gasteiger partial charge on any atom is -0.334 e. The molecule has 2 aromatic rings. The zero-order valence-electron chi connectivity index (χ0n) is 12.8. The van der Waals surface area contributed by atoms with Crippen molar-refractivity contribution in [1.29, 1.82) is 0 Å². The summed E-state index contributed by atoms with van der Waals surface area (Å²) in [6.07, 6.45) is 2.64. The molecule has 0 fully saturated rings. The molecule has 0 aliphatic carbocycles. The smallest absolute Gasteiger partial charge is 0.260 e. The third-order valence-corrected chi connectivity index (χ3v) is 4.00. The predicted octanol–water partition coefficient (Wildman–Crippen LogP) is 2.75. The van der Waals surface area contributed by atoms with Crippen LogP contribution in [-0.4, -0.2) is 28.9 Å². The fourth-order valence-corrected chi connectivity index (χ4v) is 2.69. The van der Waals surface area contributed by atoms with E-state index < -0.39 is 0 Å². The van der Waals surface area contributed by atoms with E-state index in [1.165, 1.54) is 12.1 Å². The van der Waals surface area contributed by atoms with Crippen LogP contribution in [0.15, 0.2) is 47.3 Å². The van der Waals surface area contributed by atoms with Crippen molar-refractivity contribution in [3.63, 3.8) is 0 Å². The Balaban J connectivity index is 1.76. The number of hydrogen-bond acceptors (Lipinski definition) is 2. The Morgan fingerprint density at radius 1 is 1.17 bits per heavy atom. The van der Waals surface area contributed by atoms with Crippen molar-refractivity contribution in [1.82, 2.24) is 9.88 Å². The van der Waals surface area contributed by atoms with Crippen LogP contribution in [0.25, 0.3) is 5.57 Å². The van der Waals surface area contributed by atoms with Gasteiger partial charge in [-0.05, 0) is 48.7 Å². The number of nitrogens with one attached hydrogen (secondary N) is 1. The average molecular weight is 312 g/mol. The van der Waals surface area contributed by atoms with Crippen LogP contribution in [0, 0.1) is 12.7 Å². The SMILES string of the molecule is Cc1ccc(C(=O)N2CC=C(c3ccc(F)cc3)CC2)c(=O)[nH]1. The van der Waals surface area contributed by atoms with Gasteiger partial charge in [0.25, 0.3) is 11.5 Å². The van der Waals surface area contributed by atoms with Crippen molar-refractivity contribution >= 4 is 11.5 Å². The molecule has 1 aliphatic heterocycles. The first kappa shape index (κ1) is 15.2. The van der Waals surface area contributed by atoms with Crippen molar-refractivity contribution < 1.29 is 9.18 Å². The highest BCUT2D eigenvalue weighted by Crippen LogP contribution is 2.23. The number of aromatic nitrogens is 1. The molecule has 4 nitrogen and oxygen atoms in total. The zero-order chi connectivity index (χ0) is 16.4. The van der Waals surface area contributed by atoms with Gasteiger partial charge in [-0.3, -0.25) is 9.59 Å². The van der Waals surface area contributed by atoms with E-state index in [1.807, 2.05) is 6.08 Å². The second-order valence-electron chi connectivity index (χ2n) is 5.62. The Hall–Kier alpha value is -2.69. The van der Waals surface area contributed by atoms with E-state index in [1.54, 1.807) is 36.1 Å². The quantitative estimate of drug-likeness (QED) is 0.927. The van der Waals surface area contributed by atoms with Crippen LogP contribution in [0.1, 0.15) is 28.0 Å². The van der Waals surface area contributed by atoms with Gasteiger partial charge in [-0.25, -0.2) is 4.39 Å². The van der Waals surface area contributed by atoms with Crippen molar-refractivity contribution in [2.24, 2.45) is 0 Å². The lowest BCUT2D eigenvalue weighted by Crippen LogP contribution is -2.37. The number of nitrogens with zero attached hydrogens (tertiary/aromatic N) is 1. The first-order valence-corrected chi connectivity index (χ1v) is 7.49. The number of aromatic amines is 1. The molecule has 3 rings (SSSR count). The van der Waals surface area contributed by atoms with Crippen LogP contribution in [0.4, 0.5) is 4.39 Å². The molecule has 0 radical (unpaired) electrons. The fourth-order valence-electron chi connectivity index (χ4n) is 2.69. The average Bonchev–Trinajstić information content (AvgIpc) is 2.55. The number of rotatable bonds is 2. The number of carbonyl (C=O) groups is 1. The van der Waals surface area contributed by atoms with Crippen LogP contribution < -0.4 is 5.56 Å². The number of pyridine rings is 1. The molecule has 5 heteroatoms. The summed E-state index contributed by atoms with van der Waals surface area (Å²) in [5.74, 6) is -0.527. The van der Waals surface area contributed by atoms with Crippen molar-refractivity contribution in [3.05, 3.63) is 75.5 Å². The highest BCUT2D eigenvalue weighted by Gasteiger charge is 2.21. The highest BCUT2D eigenvalue weighted by molar-refractivity contribution is 5.94. The Kier molecular flexibility index (Phi) is 4.10. The molecule has 0 saturated carbocycles. The third kappa shape index (κ3) is 3.23. The molecule has 1 aromatic heterocycles. The van der Waals surface area contributed by atoms with Gasteiger partial charge in [-0.1, -0.05) is 18.2 Å². The van der Waals surface area contributed by atoms with E-state index in [2.05, 4.69) is 4.98 Å². The van der Waals surface area contributed by atoms with Gasteiger partial charge in [0.05, 0.1) is 0 Å². The second-order valence-corrected chi connectivity index (χ2v) is 5.62. The second kappa shape index (κ2) is 6.20. The van der Waals surface area contributed by atoms with E-state index in [9.17, 15) is 14.0 Å². The van der Waals surface area contributed by atoms with Crippen LogP contribution in [-0.2, 0) is 0 Å². The number of aryl methyl sites for hydroxylation is 1. The largest absolute Gasteiger partial charge is 0.334 e. The topological polar surface area (TPSA) is 53.2 Å². The number of H-pyrrole nitrogens is 1. The zero-order valence-corrected chi connectivity index (χ0v) is 12.8. The summed E-state index contributed by atoms with van der Waals surface area (Å²) in [6, 6.07) is 9.62. The van der Waals surface area contributed by atoms with E-state index in [0.29, 0.717) is 19.5 Å². The van der Waals surface area contributed by atoms with Gasteiger partial charge in [-0.2, -0.15) is 0 Å². The van der Waals surface area contributed by atoms with Crippen LogP contribution in [0.2, 0.25) is 0 Å². The van der Waals surface area contributed by atoms with Crippen molar-refractivity contribution in [3.8, 4) is 0 Å². The monoisotopic (exact) mass is 312 g/mol. The predicted molar refractivity (Wildman–Crippen MR) is 86.7 cm³/mol. The summed E-state index contributed by atoms with van der Waals surface area (Å²) in [6.45, 7) is 2.75. The van der Waals surface area contributed by atoms with Crippen LogP contribution in [0.5, 0.6) is 0 Å². The Bertz CT molecular complexity index is 822.